The first-order valence-electron chi connectivity index (χ1n) is 7.89. The van der Waals surface area contributed by atoms with Crippen LogP contribution in [-0.2, 0) is 4.79 Å². The number of halogens is 1. The molecule has 24 heavy (non-hydrogen) atoms. The average molecular weight is 345 g/mol. The van der Waals surface area contributed by atoms with Crippen molar-refractivity contribution in [3.05, 3.63) is 28.8 Å². The zero-order valence-corrected chi connectivity index (χ0v) is 14.5. The summed E-state index contributed by atoms with van der Waals surface area (Å²) in [6, 6.07) is 7.16. The lowest BCUT2D eigenvalue weighted by Gasteiger charge is -2.36. The van der Waals surface area contributed by atoms with Gasteiger partial charge in [0.1, 0.15) is 6.07 Å². The monoisotopic (exact) mass is 344 g/mol. The van der Waals surface area contributed by atoms with Gasteiger partial charge >= 0.3 is 0 Å². The first kappa shape index (κ1) is 18.3. The van der Waals surface area contributed by atoms with Gasteiger partial charge < -0.3 is 10.2 Å². The van der Waals surface area contributed by atoms with Crippen molar-refractivity contribution in [1.82, 2.24) is 9.80 Å². The summed E-state index contributed by atoms with van der Waals surface area (Å²) in [5.41, 5.74) is 0.961. The van der Waals surface area contributed by atoms with E-state index in [2.05, 4.69) is 23.2 Å². The Labute approximate surface area is 148 Å². The number of piperidine rings is 1. The Balaban J connectivity index is 1.97. The molecule has 0 aliphatic carbocycles. The third kappa shape index (κ3) is 4.97. The van der Waals surface area contributed by atoms with E-state index in [1.54, 1.807) is 18.2 Å². The zero-order chi connectivity index (χ0) is 17.5. The van der Waals surface area contributed by atoms with Gasteiger partial charge in [-0.2, -0.15) is 5.26 Å². The Morgan fingerprint density at radius 2 is 2.21 bits per heavy atom. The minimum Gasteiger partial charge on any atom is -0.325 e. The molecule has 1 aromatic rings. The predicted molar refractivity (Wildman–Crippen MR) is 95.7 cm³/mol. The van der Waals surface area contributed by atoms with Gasteiger partial charge in [-0.25, -0.2) is 0 Å². The molecule has 1 aliphatic heterocycles. The number of benzene rings is 1. The Morgan fingerprint density at radius 1 is 1.50 bits per heavy atom. The highest BCUT2D eigenvalue weighted by atomic mass is 35.5. The number of amides is 1. The van der Waals surface area contributed by atoms with Gasteiger partial charge in [0, 0.05) is 11.7 Å². The van der Waals surface area contributed by atoms with Crippen molar-refractivity contribution in [2.45, 2.75) is 18.9 Å². The summed E-state index contributed by atoms with van der Waals surface area (Å²) in [5.74, 6) is 2.51. The normalized spacial score (nSPS) is 15.7. The van der Waals surface area contributed by atoms with Crippen LogP contribution in [0.15, 0.2) is 18.2 Å². The van der Waals surface area contributed by atoms with Crippen molar-refractivity contribution in [2.24, 2.45) is 0 Å². The Bertz CT molecular complexity index is 669. The van der Waals surface area contributed by atoms with Crippen LogP contribution in [0.5, 0.6) is 0 Å². The highest BCUT2D eigenvalue weighted by molar-refractivity contribution is 6.32. The number of likely N-dealkylation sites (tertiary alicyclic amines) is 1. The van der Waals surface area contributed by atoms with Crippen LogP contribution in [0, 0.1) is 23.7 Å². The van der Waals surface area contributed by atoms with E-state index in [1.807, 2.05) is 11.0 Å². The molecule has 0 bridgehead atoms. The molecule has 0 atom stereocenters. The number of anilines is 1. The fourth-order valence-electron chi connectivity index (χ4n) is 2.86. The third-order valence-electron chi connectivity index (χ3n) is 4.22. The van der Waals surface area contributed by atoms with E-state index in [4.69, 9.17) is 23.3 Å². The maximum Gasteiger partial charge on any atom is 0.238 e. The summed E-state index contributed by atoms with van der Waals surface area (Å²) in [6.07, 6.45) is 7.48. The van der Waals surface area contributed by atoms with Gasteiger partial charge in [-0.1, -0.05) is 17.5 Å². The Kier molecular flexibility index (Phi) is 6.63. The number of rotatable bonds is 5. The summed E-state index contributed by atoms with van der Waals surface area (Å²) in [5, 5.41) is 12.0. The molecule has 1 aromatic carbocycles. The predicted octanol–water partition coefficient (Wildman–Crippen LogP) is 2.18. The third-order valence-corrected chi connectivity index (χ3v) is 4.53. The zero-order valence-electron chi connectivity index (χ0n) is 13.8. The molecule has 1 aliphatic rings. The van der Waals surface area contributed by atoms with Crippen molar-refractivity contribution in [2.75, 3.05) is 38.5 Å². The fraction of sp³-hybridized carbons (Fsp3) is 0.444. The minimum absolute atomic E-state index is 0.134. The summed E-state index contributed by atoms with van der Waals surface area (Å²) < 4.78 is 0. The number of terminal acetylenes is 1. The number of carbonyl (C=O) groups excluding carboxylic acids is 1. The van der Waals surface area contributed by atoms with Crippen molar-refractivity contribution >= 4 is 23.2 Å². The highest BCUT2D eigenvalue weighted by Crippen LogP contribution is 2.20. The second-order valence-electron chi connectivity index (χ2n) is 6.00. The lowest BCUT2D eigenvalue weighted by Crippen LogP contribution is -2.46. The standard InChI is InChI=1S/C18H21ClN4O/c1-3-8-23(16-6-9-22(2)10-7-16)13-18(24)21-15-5-4-14(12-20)17(19)11-15/h1,4-5,11,16H,6-10,13H2,2H3,(H,21,24). The van der Waals surface area contributed by atoms with Crippen molar-refractivity contribution in [3.8, 4) is 18.4 Å². The van der Waals surface area contributed by atoms with Crippen LogP contribution < -0.4 is 5.32 Å². The van der Waals surface area contributed by atoms with Gasteiger partial charge in [0.2, 0.25) is 5.91 Å². The molecule has 1 saturated heterocycles. The number of nitrogens with zero attached hydrogens (tertiary/aromatic N) is 3. The molecule has 0 spiro atoms. The molecule has 0 saturated carbocycles. The van der Waals surface area contributed by atoms with Crippen molar-refractivity contribution in [1.29, 1.82) is 5.26 Å². The second-order valence-corrected chi connectivity index (χ2v) is 6.41. The summed E-state index contributed by atoms with van der Waals surface area (Å²) >= 11 is 5.99. The van der Waals surface area contributed by atoms with Gasteiger partial charge in [0.05, 0.1) is 23.7 Å². The van der Waals surface area contributed by atoms with Crippen molar-refractivity contribution < 1.29 is 4.79 Å². The van der Waals surface area contributed by atoms with E-state index in [0.29, 0.717) is 28.9 Å². The molecule has 126 valence electrons. The molecule has 0 unspecified atom stereocenters. The van der Waals surface area contributed by atoms with E-state index in [9.17, 15) is 4.79 Å². The summed E-state index contributed by atoms with van der Waals surface area (Å²) in [6.45, 7) is 2.73. The number of nitriles is 1. The highest BCUT2D eigenvalue weighted by Gasteiger charge is 2.24. The van der Waals surface area contributed by atoms with Gasteiger partial charge in [0.15, 0.2) is 0 Å². The van der Waals surface area contributed by atoms with Crippen LogP contribution in [0.1, 0.15) is 18.4 Å². The summed E-state index contributed by atoms with van der Waals surface area (Å²) in [7, 11) is 2.10. The molecular formula is C18H21ClN4O. The second kappa shape index (κ2) is 8.70. The minimum atomic E-state index is -0.134. The molecule has 1 N–H and O–H groups in total. The molecule has 0 aromatic heterocycles. The van der Waals surface area contributed by atoms with Crippen molar-refractivity contribution in [3.63, 3.8) is 0 Å². The van der Waals surface area contributed by atoms with Gasteiger partial charge in [-0.3, -0.25) is 9.69 Å². The lowest BCUT2D eigenvalue weighted by atomic mass is 10.0. The fourth-order valence-corrected chi connectivity index (χ4v) is 3.08. The first-order valence-corrected chi connectivity index (χ1v) is 8.27. The van der Waals surface area contributed by atoms with Crippen LogP contribution in [0.4, 0.5) is 5.69 Å². The molecule has 0 radical (unpaired) electrons. The van der Waals surface area contributed by atoms with Crippen LogP contribution in [0.3, 0.4) is 0 Å². The number of nitrogens with one attached hydrogen (secondary N) is 1. The number of hydrogen-bond donors (Lipinski definition) is 1. The van der Waals surface area contributed by atoms with Gasteiger partial charge in [-0.15, -0.1) is 6.42 Å². The maximum absolute atomic E-state index is 12.3. The Hall–Kier alpha value is -2.05. The van der Waals surface area contributed by atoms with Crippen LogP contribution in [0.2, 0.25) is 5.02 Å². The van der Waals surface area contributed by atoms with Crippen LogP contribution >= 0.6 is 11.6 Å². The van der Waals surface area contributed by atoms with E-state index >= 15 is 0 Å². The summed E-state index contributed by atoms with van der Waals surface area (Å²) in [4.78, 5) is 16.7. The lowest BCUT2D eigenvalue weighted by molar-refractivity contribution is -0.117. The molecule has 1 amide bonds. The van der Waals surface area contributed by atoms with E-state index < -0.39 is 0 Å². The topological polar surface area (TPSA) is 59.4 Å². The number of carbonyl (C=O) groups is 1. The van der Waals surface area contributed by atoms with Gasteiger partial charge in [0.25, 0.3) is 0 Å². The molecular weight excluding hydrogens is 324 g/mol. The average Bonchev–Trinajstić information content (AvgIpc) is 2.55. The van der Waals surface area contributed by atoms with E-state index in [1.165, 1.54) is 0 Å². The van der Waals surface area contributed by atoms with Crippen LogP contribution in [0.25, 0.3) is 0 Å². The molecule has 2 rings (SSSR count). The number of hydrogen-bond acceptors (Lipinski definition) is 4. The Morgan fingerprint density at radius 3 is 2.79 bits per heavy atom. The quantitative estimate of drug-likeness (QED) is 0.832. The molecule has 1 heterocycles. The van der Waals surface area contributed by atoms with Gasteiger partial charge in [-0.05, 0) is 51.2 Å². The van der Waals surface area contributed by atoms with E-state index in [-0.39, 0.29) is 12.5 Å². The first-order chi connectivity index (χ1) is 11.5. The van der Waals surface area contributed by atoms with Crippen LogP contribution in [-0.4, -0.2) is 55.0 Å². The molecule has 1 fully saturated rings. The maximum atomic E-state index is 12.3. The smallest absolute Gasteiger partial charge is 0.238 e. The SMILES string of the molecule is C#CCN(CC(=O)Nc1ccc(C#N)c(Cl)c1)C1CCN(C)CC1. The largest absolute Gasteiger partial charge is 0.325 e. The molecule has 5 nitrogen and oxygen atoms in total. The van der Waals surface area contributed by atoms with E-state index in [0.717, 1.165) is 25.9 Å². The molecule has 6 heteroatoms.